The fourth-order valence-corrected chi connectivity index (χ4v) is 5.02. The van der Waals surface area contributed by atoms with Crippen molar-refractivity contribution in [1.29, 1.82) is 0 Å². The molecule has 3 aromatic rings. The van der Waals surface area contributed by atoms with Crippen molar-refractivity contribution in [3.63, 3.8) is 0 Å². The number of furan rings is 1. The summed E-state index contributed by atoms with van der Waals surface area (Å²) in [6, 6.07) is 15.4. The molecule has 2 atom stereocenters. The Morgan fingerprint density at radius 1 is 1.00 bits per heavy atom. The summed E-state index contributed by atoms with van der Waals surface area (Å²) in [6.07, 6.45) is 4.97. The molecule has 0 saturated carbocycles. The van der Waals surface area contributed by atoms with Gasteiger partial charge in [-0.2, -0.15) is 0 Å². The van der Waals surface area contributed by atoms with Crippen molar-refractivity contribution in [3.05, 3.63) is 92.2 Å². The Labute approximate surface area is 186 Å². The largest absolute Gasteiger partial charge is 0.462 e. The molecule has 6 heteroatoms. The molecule has 5 rings (SSSR count). The van der Waals surface area contributed by atoms with E-state index >= 15 is 0 Å². The molecule has 1 fully saturated rings. The molecule has 0 amide bonds. The van der Waals surface area contributed by atoms with Gasteiger partial charge in [-0.25, -0.2) is 0 Å². The molecular weight excluding hydrogens is 412 g/mol. The molecular formula is C25H25ClN2O3. The van der Waals surface area contributed by atoms with Crippen molar-refractivity contribution in [2.45, 2.75) is 32.0 Å². The van der Waals surface area contributed by atoms with Crippen LogP contribution in [0.3, 0.4) is 0 Å². The standard InChI is InChI=1S/C25H25ClN2O3/c26-21-6-2-17(3-7-21)1-4-19-5-10-24-20-11-18(13-28(24)25(19)30)12-27(14-20)15-22-8-9-23(16-29)31-22/h1-10,18,20,29H,11-16H2/t18-,20-/m1/s1. The third kappa shape index (κ3) is 4.26. The van der Waals surface area contributed by atoms with E-state index in [1.165, 1.54) is 0 Å². The molecule has 2 aliphatic rings. The highest BCUT2D eigenvalue weighted by Crippen LogP contribution is 2.35. The molecule has 1 saturated heterocycles. The van der Waals surface area contributed by atoms with E-state index in [4.69, 9.17) is 16.0 Å². The zero-order valence-electron chi connectivity index (χ0n) is 17.2. The molecule has 31 heavy (non-hydrogen) atoms. The summed E-state index contributed by atoms with van der Waals surface area (Å²) in [5.41, 5.74) is 2.94. The fourth-order valence-electron chi connectivity index (χ4n) is 4.89. The maximum Gasteiger partial charge on any atom is 0.258 e. The summed E-state index contributed by atoms with van der Waals surface area (Å²) in [6.45, 7) is 3.27. The second-order valence-electron chi connectivity index (χ2n) is 8.53. The monoisotopic (exact) mass is 436 g/mol. The van der Waals surface area contributed by atoms with E-state index in [1.807, 2.05) is 59.2 Å². The van der Waals surface area contributed by atoms with Crippen LogP contribution in [0.5, 0.6) is 0 Å². The van der Waals surface area contributed by atoms with Gasteiger partial charge in [0.05, 0.1) is 6.54 Å². The van der Waals surface area contributed by atoms with Gasteiger partial charge in [0.25, 0.3) is 5.56 Å². The first-order valence-corrected chi connectivity index (χ1v) is 11.0. The van der Waals surface area contributed by atoms with Crippen LogP contribution in [0, 0.1) is 5.92 Å². The molecule has 2 bridgehead atoms. The number of benzene rings is 1. The van der Waals surface area contributed by atoms with Gasteiger partial charge in [-0.1, -0.05) is 29.8 Å². The van der Waals surface area contributed by atoms with Gasteiger partial charge in [-0.05, 0) is 60.4 Å². The van der Waals surface area contributed by atoms with Gasteiger partial charge < -0.3 is 14.1 Å². The Balaban J connectivity index is 1.35. The Morgan fingerprint density at radius 2 is 1.81 bits per heavy atom. The Kier molecular flexibility index (Phi) is 5.57. The number of piperidine rings is 1. The molecule has 0 spiro atoms. The van der Waals surface area contributed by atoms with Crippen molar-refractivity contribution >= 4 is 23.8 Å². The van der Waals surface area contributed by atoms with Crippen molar-refractivity contribution < 1.29 is 9.52 Å². The lowest BCUT2D eigenvalue weighted by Gasteiger charge is -2.42. The highest BCUT2D eigenvalue weighted by molar-refractivity contribution is 6.30. The predicted molar refractivity (Wildman–Crippen MR) is 122 cm³/mol. The molecule has 0 radical (unpaired) electrons. The van der Waals surface area contributed by atoms with Crippen molar-refractivity contribution in [2.24, 2.45) is 5.92 Å². The molecule has 2 aliphatic heterocycles. The highest BCUT2D eigenvalue weighted by atomic mass is 35.5. The normalized spacial score (nSPS) is 20.8. The summed E-state index contributed by atoms with van der Waals surface area (Å²) in [7, 11) is 0. The second-order valence-corrected chi connectivity index (χ2v) is 8.97. The average Bonchev–Trinajstić information content (AvgIpc) is 3.22. The van der Waals surface area contributed by atoms with Crippen molar-refractivity contribution in [1.82, 2.24) is 9.47 Å². The SMILES string of the molecule is O=c1c(C=Cc2ccc(Cl)cc2)ccc2n1C[C@@H]1C[C@@H]2CN(Cc2ccc(CO)o2)C1. The minimum absolute atomic E-state index is 0.0731. The first-order chi connectivity index (χ1) is 15.1. The van der Waals surface area contributed by atoms with E-state index in [2.05, 4.69) is 11.0 Å². The van der Waals surface area contributed by atoms with Gasteiger partial charge in [0.2, 0.25) is 0 Å². The van der Waals surface area contributed by atoms with Crippen LogP contribution in [0.15, 0.2) is 57.7 Å². The summed E-state index contributed by atoms with van der Waals surface area (Å²) >= 11 is 5.95. The van der Waals surface area contributed by atoms with Crippen LogP contribution in [0.1, 0.15) is 40.7 Å². The van der Waals surface area contributed by atoms with Crippen LogP contribution in [0.4, 0.5) is 0 Å². The molecule has 1 N–H and O–H groups in total. The number of fused-ring (bicyclic) bond motifs is 4. The number of halogens is 1. The number of hydrogen-bond acceptors (Lipinski definition) is 4. The smallest absolute Gasteiger partial charge is 0.258 e. The van der Waals surface area contributed by atoms with Gasteiger partial charge in [-0.3, -0.25) is 9.69 Å². The fraction of sp³-hybridized carbons (Fsp3) is 0.320. The number of rotatable bonds is 5. The maximum atomic E-state index is 13.2. The molecule has 160 valence electrons. The van der Waals surface area contributed by atoms with Crippen LogP contribution < -0.4 is 5.56 Å². The lowest BCUT2D eigenvalue weighted by Crippen LogP contribution is -2.47. The van der Waals surface area contributed by atoms with E-state index < -0.39 is 0 Å². The number of nitrogens with zero attached hydrogens (tertiary/aromatic N) is 2. The van der Waals surface area contributed by atoms with Crippen molar-refractivity contribution in [3.8, 4) is 0 Å². The van der Waals surface area contributed by atoms with Crippen LogP contribution in [-0.2, 0) is 19.7 Å². The summed E-state index contributed by atoms with van der Waals surface area (Å²) in [5, 5.41) is 9.91. The molecule has 1 aromatic carbocycles. The van der Waals surface area contributed by atoms with Gasteiger partial charge >= 0.3 is 0 Å². The Morgan fingerprint density at radius 3 is 2.58 bits per heavy atom. The summed E-state index contributed by atoms with van der Waals surface area (Å²) < 4.78 is 7.65. The molecule has 2 aromatic heterocycles. The minimum Gasteiger partial charge on any atom is -0.462 e. The third-order valence-corrected chi connectivity index (χ3v) is 6.54. The maximum absolute atomic E-state index is 13.2. The second kappa shape index (κ2) is 8.50. The minimum atomic E-state index is -0.0731. The van der Waals surface area contributed by atoms with E-state index in [1.54, 1.807) is 0 Å². The zero-order valence-corrected chi connectivity index (χ0v) is 18.0. The van der Waals surface area contributed by atoms with Crippen LogP contribution >= 0.6 is 11.6 Å². The number of likely N-dealkylation sites (tertiary alicyclic amines) is 1. The zero-order chi connectivity index (χ0) is 21.4. The number of aliphatic hydroxyl groups excluding tert-OH is 1. The molecule has 5 nitrogen and oxygen atoms in total. The lowest BCUT2D eigenvalue weighted by atomic mass is 9.83. The predicted octanol–water partition coefficient (Wildman–Crippen LogP) is 4.38. The molecule has 4 heterocycles. The van der Waals surface area contributed by atoms with Gasteiger partial charge in [0, 0.05) is 41.8 Å². The lowest BCUT2D eigenvalue weighted by molar-refractivity contribution is 0.106. The van der Waals surface area contributed by atoms with E-state index in [0.29, 0.717) is 28.2 Å². The number of aromatic nitrogens is 1. The number of hydrogen-bond donors (Lipinski definition) is 1. The Hall–Kier alpha value is -2.60. The molecule has 0 unspecified atom stereocenters. The number of pyridine rings is 1. The number of aliphatic hydroxyl groups is 1. The van der Waals surface area contributed by atoms with E-state index in [9.17, 15) is 9.90 Å². The third-order valence-electron chi connectivity index (χ3n) is 6.29. The van der Waals surface area contributed by atoms with E-state index in [0.717, 1.165) is 49.6 Å². The Bertz CT molecular complexity index is 1160. The van der Waals surface area contributed by atoms with Gasteiger partial charge in [-0.15, -0.1) is 0 Å². The van der Waals surface area contributed by atoms with Crippen LogP contribution in [-0.4, -0.2) is 27.7 Å². The van der Waals surface area contributed by atoms with Gasteiger partial charge in [0.15, 0.2) is 0 Å². The summed E-state index contributed by atoms with van der Waals surface area (Å²) in [5.74, 6) is 2.28. The van der Waals surface area contributed by atoms with Crippen LogP contribution in [0.25, 0.3) is 12.2 Å². The molecule has 0 aliphatic carbocycles. The van der Waals surface area contributed by atoms with Crippen LogP contribution in [0.2, 0.25) is 5.02 Å². The average molecular weight is 437 g/mol. The quantitative estimate of drug-likeness (QED) is 0.645. The highest BCUT2D eigenvalue weighted by Gasteiger charge is 2.35. The van der Waals surface area contributed by atoms with E-state index in [-0.39, 0.29) is 12.2 Å². The first-order valence-electron chi connectivity index (χ1n) is 10.7. The first kappa shape index (κ1) is 20.3. The summed E-state index contributed by atoms with van der Waals surface area (Å²) in [4.78, 5) is 15.6. The topological polar surface area (TPSA) is 58.6 Å². The van der Waals surface area contributed by atoms with Crippen molar-refractivity contribution in [2.75, 3.05) is 13.1 Å². The van der Waals surface area contributed by atoms with Gasteiger partial charge in [0.1, 0.15) is 18.1 Å².